The van der Waals surface area contributed by atoms with Crippen LogP contribution in [0.3, 0.4) is 0 Å². The Bertz CT molecular complexity index is 708. The van der Waals surface area contributed by atoms with Crippen LogP contribution in [0.25, 0.3) is 0 Å². The minimum Gasteiger partial charge on any atom is -0.457 e. The van der Waals surface area contributed by atoms with Crippen LogP contribution in [0.1, 0.15) is 78.9 Å². The van der Waals surface area contributed by atoms with Gasteiger partial charge in [0.1, 0.15) is 11.5 Å². The quantitative estimate of drug-likeness (QED) is 0.424. The molecule has 0 saturated carbocycles. The summed E-state index contributed by atoms with van der Waals surface area (Å²) in [4.78, 5) is 0. The van der Waals surface area contributed by atoms with Gasteiger partial charge in [0, 0.05) is 0 Å². The van der Waals surface area contributed by atoms with Crippen LogP contribution in [0, 0.1) is 17.8 Å². The molecule has 1 nitrogen and oxygen atoms in total. The first kappa shape index (κ1) is 22.5. The van der Waals surface area contributed by atoms with Gasteiger partial charge in [-0.15, -0.1) is 0 Å². The lowest BCUT2D eigenvalue weighted by Gasteiger charge is -2.25. The monoisotopic (exact) mass is 380 g/mol. The van der Waals surface area contributed by atoms with E-state index in [1.165, 1.54) is 30.4 Å². The summed E-state index contributed by atoms with van der Waals surface area (Å²) in [5, 5.41) is 0. The van der Waals surface area contributed by atoms with Gasteiger partial charge in [-0.3, -0.25) is 0 Å². The molecule has 1 heteroatoms. The van der Waals surface area contributed by atoms with Crippen molar-refractivity contribution in [2.75, 3.05) is 0 Å². The number of benzene rings is 2. The van der Waals surface area contributed by atoms with E-state index in [9.17, 15) is 0 Å². The highest BCUT2D eigenvalue weighted by Gasteiger charge is 2.17. The smallest absolute Gasteiger partial charge is 0.127 e. The molecule has 0 aliphatic rings. The zero-order valence-electron chi connectivity index (χ0n) is 19.1. The van der Waals surface area contributed by atoms with Gasteiger partial charge in [0.2, 0.25) is 0 Å². The Labute approximate surface area is 173 Å². The van der Waals surface area contributed by atoms with E-state index in [4.69, 9.17) is 4.74 Å². The first-order valence-corrected chi connectivity index (χ1v) is 11.1. The molecule has 0 aliphatic carbocycles. The highest BCUT2D eigenvalue weighted by atomic mass is 16.5. The Hall–Kier alpha value is -1.76. The molecule has 0 amide bonds. The largest absolute Gasteiger partial charge is 0.457 e. The third kappa shape index (κ3) is 6.69. The number of hydrogen-bond donors (Lipinski definition) is 0. The van der Waals surface area contributed by atoms with Crippen LogP contribution in [0.2, 0.25) is 0 Å². The van der Waals surface area contributed by atoms with Gasteiger partial charge >= 0.3 is 0 Å². The highest BCUT2D eigenvalue weighted by molar-refractivity contribution is 5.36. The predicted octanol–water partition coefficient (Wildman–Crippen LogP) is 8.42. The third-order valence-electron chi connectivity index (χ3n) is 6.42. The third-order valence-corrected chi connectivity index (χ3v) is 6.42. The standard InChI is InChI=1S/C27H40O/c1-8-20(2)22(4)21(3)11-9-12-23-13-10-14-26(19-23)28-25-17-15-24(16-18-25)27(5,6)7/h10,13-22H,8-9,11-12H2,1-7H3. The van der Waals surface area contributed by atoms with Crippen molar-refractivity contribution in [3.63, 3.8) is 0 Å². The average Bonchev–Trinajstić information content (AvgIpc) is 2.66. The molecule has 3 atom stereocenters. The van der Waals surface area contributed by atoms with E-state index in [2.05, 4.69) is 97.0 Å². The Morgan fingerprint density at radius 2 is 1.54 bits per heavy atom. The van der Waals surface area contributed by atoms with Gasteiger partial charge in [0.15, 0.2) is 0 Å². The van der Waals surface area contributed by atoms with Crippen molar-refractivity contribution in [2.24, 2.45) is 17.8 Å². The molecule has 0 radical (unpaired) electrons. The lowest BCUT2D eigenvalue weighted by atomic mass is 9.81. The molecule has 2 aromatic rings. The molecular formula is C27H40O. The molecule has 2 rings (SSSR count). The molecule has 0 spiro atoms. The summed E-state index contributed by atoms with van der Waals surface area (Å²) in [5.74, 6) is 4.24. The van der Waals surface area contributed by atoms with Crippen LogP contribution in [-0.2, 0) is 11.8 Å². The van der Waals surface area contributed by atoms with Gasteiger partial charge in [0.25, 0.3) is 0 Å². The summed E-state index contributed by atoms with van der Waals surface area (Å²) in [6, 6.07) is 17.1. The first-order chi connectivity index (χ1) is 13.2. The van der Waals surface area contributed by atoms with Gasteiger partial charge in [-0.1, -0.05) is 85.6 Å². The maximum absolute atomic E-state index is 6.10. The van der Waals surface area contributed by atoms with Crippen LogP contribution in [0.15, 0.2) is 48.5 Å². The Balaban J connectivity index is 1.90. The predicted molar refractivity (Wildman–Crippen MR) is 122 cm³/mol. The van der Waals surface area contributed by atoms with Crippen molar-refractivity contribution >= 4 is 0 Å². The Morgan fingerprint density at radius 1 is 0.857 bits per heavy atom. The molecule has 0 bridgehead atoms. The number of hydrogen-bond acceptors (Lipinski definition) is 1. The average molecular weight is 381 g/mol. The molecule has 0 saturated heterocycles. The fraction of sp³-hybridized carbons (Fsp3) is 0.556. The molecule has 28 heavy (non-hydrogen) atoms. The van der Waals surface area contributed by atoms with Gasteiger partial charge in [-0.2, -0.15) is 0 Å². The van der Waals surface area contributed by atoms with Gasteiger partial charge in [-0.05, 0) is 71.4 Å². The molecule has 0 aromatic heterocycles. The highest BCUT2D eigenvalue weighted by Crippen LogP contribution is 2.29. The van der Waals surface area contributed by atoms with Crippen LogP contribution < -0.4 is 4.74 Å². The van der Waals surface area contributed by atoms with E-state index >= 15 is 0 Å². The Morgan fingerprint density at radius 3 is 2.14 bits per heavy atom. The minimum absolute atomic E-state index is 0.169. The number of ether oxygens (including phenoxy) is 1. The van der Waals surface area contributed by atoms with E-state index in [1.54, 1.807) is 0 Å². The van der Waals surface area contributed by atoms with Gasteiger partial charge in [-0.25, -0.2) is 0 Å². The molecule has 3 unspecified atom stereocenters. The number of rotatable bonds is 9. The summed E-state index contributed by atoms with van der Waals surface area (Å²) in [6.45, 7) is 16.2. The normalized spacial score (nSPS) is 15.1. The molecule has 0 N–H and O–H groups in total. The zero-order chi connectivity index (χ0) is 20.7. The van der Waals surface area contributed by atoms with Gasteiger partial charge in [0.05, 0.1) is 0 Å². The summed E-state index contributed by atoms with van der Waals surface area (Å²) in [6.07, 6.45) is 4.94. The van der Waals surface area contributed by atoms with Crippen LogP contribution in [0.4, 0.5) is 0 Å². The second kappa shape index (κ2) is 10.1. The molecule has 154 valence electrons. The second-order valence-electron chi connectivity index (χ2n) is 9.64. The van der Waals surface area contributed by atoms with Crippen molar-refractivity contribution in [2.45, 2.75) is 79.6 Å². The van der Waals surface area contributed by atoms with E-state index < -0.39 is 0 Å². The topological polar surface area (TPSA) is 9.23 Å². The summed E-state index contributed by atoms with van der Waals surface area (Å²) in [7, 11) is 0. The maximum atomic E-state index is 6.10. The fourth-order valence-corrected chi connectivity index (χ4v) is 3.75. The molecule has 0 aliphatic heterocycles. The van der Waals surface area contributed by atoms with E-state index in [0.29, 0.717) is 0 Å². The first-order valence-electron chi connectivity index (χ1n) is 11.1. The van der Waals surface area contributed by atoms with Crippen molar-refractivity contribution < 1.29 is 4.74 Å². The molecule has 0 heterocycles. The SMILES string of the molecule is CCC(C)C(C)C(C)CCCc1cccc(Oc2ccc(C(C)(C)C)cc2)c1. The summed E-state index contributed by atoms with van der Waals surface area (Å²) < 4.78 is 6.10. The van der Waals surface area contributed by atoms with E-state index in [0.717, 1.165) is 35.7 Å². The molecule has 2 aromatic carbocycles. The van der Waals surface area contributed by atoms with Crippen LogP contribution in [-0.4, -0.2) is 0 Å². The van der Waals surface area contributed by atoms with Gasteiger partial charge < -0.3 is 4.74 Å². The summed E-state index contributed by atoms with van der Waals surface area (Å²) in [5.41, 5.74) is 2.86. The maximum Gasteiger partial charge on any atom is 0.127 e. The lowest BCUT2D eigenvalue weighted by Crippen LogP contribution is -2.16. The van der Waals surface area contributed by atoms with E-state index in [1.807, 2.05) is 0 Å². The zero-order valence-corrected chi connectivity index (χ0v) is 19.1. The lowest BCUT2D eigenvalue weighted by molar-refractivity contribution is 0.257. The fourth-order valence-electron chi connectivity index (χ4n) is 3.75. The molecule has 0 fully saturated rings. The minimum atomic E-state index is 0.169. The number of aryl methyl sites for hydroxylation is 1. The van der Waals surface area contributed by atoms with Crippen LogP contribution in [0.5, 0.6) is 11.5 Å². The van der Waals surface area contributed by atoms with Crippen molar-refractivity contribution in [3.05, 3.63) is 59.7 Å². The van der Waals surface area contributed by atoms with Crippen molar-refractivity contribution in [3.8, 4) is 11.5 Å². The van der Waals surface area contributed by atoms with Crippen molar-refractivity contribution in [1.29, 1.82) is 0 Å². The summed E-state index contributed by atoms with van der Waals surface area (Å²) >= 11 is 0. The Kier molecular flexibility index (Phi) is 8.16. The van der Waals surface area contributed by atoms with Crippen molar-refractivity contribution in [1.82, 2.24) is 0 Å². The molecular weight excluding hydrogens is 340 g/mol. The second-order valence-corrected chi connectivity index (χ2v) is 9.64. The van der Waals surface area contributed by atoms with E-state index in [-0.39, 0.29) is 5.41 Å². The van der Waals surface area contributed by atoms with Crippen LogP contribution >= 0.6 is 0 Å².